The average molecular weight is 410 g/mol. The van der Waals surface area contributed by atoms with Crippen LogP contribution in [0, 0.1) is 0 Å². The van der Waals surface area contributed by atoms with Gasteiger partial charge in [0.05, 0.1) is 6.10 Å². The summed E-state index contributed by atoms with van der Waals surface area (Å²) in [6.07, 6.45) is 6.30. The van der Waals surface area contributed by atoms with E-state index in [1.807, 2.05) is 35.2 Å². The monoisotopic (exact) mass is 409 g/mol. The molecule has 0 bridgehead atoms. The van der Waals surface area contributed by atoms with E-state index in [9.17, 15) is 9.90 Å². The van der Waals surface area contributed by atoms with Gasteiger partial charge in [-0.1, -0.05) is 36.4 Å². The number of benzene rings is 1. The van der Waals surface area contributed by atoms with Crippen molar-refractivity contribution in [2.45, 2.75) is 50.7 Å². The van der Waals surface area contributed by atoms with Crippen LogP contribution in [0.5, 0.6) is 0 Å². The van der Waals surface area contributed by atoms with Gasteiger partial charge in [0.2, 0.25) is 0 Å². The number of aromatic nitrogens is 1. The summed E-state index contributed by atoms with van der Waals surface area (Å²) in [5.41, 5.74) is 3.30. The Morgan fingerprint density at radius 2 is 2.10 bits per heavy atom. The summed E-state index contributed by atoms with van der Waals surface area (Å²) in [6, 6.07) is 13.2. The molecule has 0 spiro atoms. The van der Waals surface area contributed by atoms with E-state index in [2.05, 4.69) is 17.4 Å². The molecule has 1 unspecified atom stereocenters. The number of rotatable bonds is 9. The third-order valence-electron chi connectivity index (χ3n) is 6.02. The van der Waals surface area contributed by atoms with Crippen LogP contribution in [0.1, 0.15) is 48.5 Å². The van der Waals surface area contributed by atoms with E-state index in [0.717, 1.165) is 62.3 Å². The molecule has 6 heteroatoms. The zero-order valence-electron chi connectivity index (χ0n) is 17.4. The quantitative estimate of drug-likeness (QED) is 0.616. The molecule has 2 N–H and O–H groups in total. The fraction of sp³-hybridized carbons (Fsp3) is 0.500. The van der Waals surface area contributed by atoms with Crippen LogP contribution in [-0.2, 0) is 22.4 Å². The molecule has 2 aliphatic rings. The van der Waals surface area contributed by atoms with Gasteiger partial charge in [0.1, 0.15) is 11.9 Å². The van der Waals surface area contributed by atoms with Gasteiger partial charge in [-0.3, -0.25) is 9.69 Å². The van der Waals surface area contributed by atoms with Gasteiger partial charge in [0, 0.05) is 31.9 Å². The molecule has 2 aromatic rings. The largest absolute Gasteiger partial charge is 0.480 e. The Hall–Kier alpha value is -2.44. The summed E-state index contributed by atoms with van der Waals surface area (Å²) in [4.78, 5) is 18.6. The zero-order valence-corrected chi connectivity index (χ0v) is 17.4. The van der Waals surface area contributed by atoms with Crippen molar-refractivity contribution < 1.29 is 14.6 Å². The topological polar surface area (TPSA) is 74.7 Å². The Morgan fingerprint density at radius 3 is 2.93 bits per heavy atom. The van der Waals surface area contributed by atoms with Crippen molar-refractivity contribution in [2.75, 3.05) is 31.6 Å². The highest BCUT2D eigenvalue weighted by molar-refractivity contribution is 5.75. The molecular formula is C24H31N3O3. The molecule has 2 atom stereocenters. The maximum Gasteiger partial charge on any atom is 0.325 e. The highest BCUT2D eigenvalue weighted by Gasteiger charge is 2.33. The molecule has 0 saturated carbocycles. The number of fused-ring (bicyclic) bond motifs is 1. The highest BCUT2D eigenvalue weighted by atomic mass is 16.5. The molecule has 4 rings (SSSR count). The van der Waals surface area contributed by atoms with Crippen molar-refractivity contribution in [1.29, 1.82) is 0 Å². The number of ether oxygens (including phenoxy) is 1. The normalized spacial score (nSPS) is 19.8. The van der Waals surface area contributed by atoms with E-state index in [4.69, 9.17) is 9.72 Å². The van der Waals surface area contributed by atoms with Gasteiger partial charge in [-0.2, -0.15) is 0 Å². The second-order valence-electron chi connectivity index (χ2n) is 8.23. The van der Waals surface area contributed by atoms with Crippen molar-refractivity contribution in [1.82, 2.24) is 9.88 Å². The van der Waals surface area contributed by atoms with Crippen molar-refractivity contribution in [3.63, 3.8) is 0 Å². The molecule has 0 aliphatic carbocycles. The van der Waals surface area contributed by atoms with Crippen LogP contribution < -0.4 is 5.32 Å². The lowest BCUT2D eigenvalue weighted by atomic mass is 10.1. The predicted octanol–water partition coefficient (Wildman–Crippen LogP) is 3.68. The van der Waals surface area contributed by atoms with Crippen LogP contribution >= 0.6 is 0 Å². The molecule has 6 nitrogen and oxygen atoms in total. The SMILES string of the molecule is O=C(O)C(c1ccccc1)N1CC[C@@H](OCCCCc2ccc3c(n2)NCCC3)C1. The smallest absolute Gasteiger partial charge is 0.325 e. The first-order chi connectivity index (χ1) is 14.7. The van der Waals surface area contributed by atoms with E-state index in [1.54, 1.807) is 0 Å². The van der Waals surface area contributed by atoms with Crippen LogP contribution in [0.2, 0.25) is 0 Å². The molecule has 0 amide bonds. The molecule has 1 aromatic heterocycles. The minimum absolute atomic E-state index is 0.113. The molecule has 2 aliphatic heterocycles. The second kappa shape index (κ2) is 10.0. The summed E-state index contributed by atoms with van der Waals surface area (Å²) in [7, 11) is 0. The second-order valence-corrected chi connectivity index (χ2v) is 8.23. The number of carboxylic acids is 1. The Labute approximate surface area is 178 Å². The summed E-state index contributed by atoms with van der Waals surface area (Å²) >= 11 is 0. The van der Waals surface area contributed by atoms with E-state index in [-0.39, 0.29) is 6.10 Å². The Kier molecular flexibility index (Phi) is 6.97. The number of pyridine rings is 1. The van der Waals surface area contributed by atoms with E-state index in [0.29, 0.717) is 13.2 Å². The van der Waals surface area contributed by atoms with Crippen LogP contribution in [0.15, 0.2) is 42.5 Å². The molecule has 160 valence electrons. The number of unbranched alkanes of at least 4 members (excludes halogenated alkanes) is 1. The molecule has 1 fully saturated rings. The summed E-state index contributed by atoms with van der Waals surface area (Å²) in [5, 5.41) is 13.1. The Balaban J connectivity index is 1.19. The van der Waals surface area contributed by atoms with Gasteiger partial charge >= 0.3 is 5.97 Å². The molecule has 30 heavy (non-hydrogen) atoms. The molecular weight excluding hydrogens is 378 g/mol. The maximum atomic E-state index is 11.8. The first kappa shape index (κ1) is 20.8. The average Bonchev–Trinajstić information content (AvgIpc) is 3.22. The van der Waals surface area contributed by atoms with E-state index >= 15 is 0 Å². The number of carboxylic acid groups (broad SMARTS) is 1. The minimum atomic E-state index is -0.797. The van der Waals surface area contributed by atoms with Gasteiger partial charge in [-0.25, -0.2) is 4.98 Å². The van der Waals surface area contributed by atoms with Crippen molar-refractivity contribution >= 4 is 11.8 Å². The predicted molar refractivity (Wildman–Crippen MR) is 117 cm³/mol. The lowest BCUT2D eigenvalue weighted by molar-refractivity contribution is -0.143. The minimum Gasteiger partial charge on any atom is -0.480 e. The van der Waals surface area contributed by atoms with E-state index in [1.165, 1.54) is 12.0 Å². The number of carbonyl (C=O) groups is 1. The third-order valence-corrected chi connectivity index (χ3v) is 6.02. The zero-order chi connectivity index (χ0) is 20.8. The van der Waals surface area contributed by atoms with Crippen LogP contribution in [0.25, 0.3) is 0 Å². The number of nitrogens with one attached hydrogen (secondary N) is 1. The van der Waals surface area contributed by atoms with Gasteiger partial charge < -0.3 is 15.2 Å². The van der Waals surface area contributed by atoms with Crippen LogP contribution in [0.4, 0.5) is 5.82 Å². The van der Waals surface area contributed by atoms with Gasteiger partial charge in [0.25, 0.3) is 0 Å². The fourth-order valence-corrected chi connectivity index (χ4v) is 4.44. The number of likely N-dealkylation sites (tertiary alicyclic amines) is 1. The number of aryl methyl sites for hydroxylation is 2. The number of hydrogen-bond acceptors (Lipinski definition) is 5. The maximum absolute atomic E-state index is 11.8. The number of hydrogen-bond donors (Lipinski definition) is 2. The Morgan fingerprint density at radius 1 is 1.23 bits per heavy atom. The van der Waals surface area contributed by atoms with Crippen LogP contribution in [0.3, 0.4) is 0 Å². The van der Waals surface area contributed by atoms with Gasteiger partial charge in [0.15, 0.2) is 0 Å². The fourth-order valence-electron chi connectivity index (χ4n) is 4.44. The highest BCUT2D eigenvalue weighted by Crippen LogP contribution is 2.27. The van der Waals surface area contributed by atoms with Gasteiger partial charge in [-0.05, 0) is 55.7 Å². The van der Waals surface area contributed by atoms with Crippen molar-refractivity contribution in [3.8, 4) is 0 Å². The van der Waals surface area contributed by atoms with Crippen molar-refractivity contribution in [2.24, 2.45) is 0 Å². The third kappa shape index (κ3) is 5.18. The molecule has 0 radical (unpaired) electrons. The molecule has 1 saturated heterocycles. The molecule has 3 heterocycles. The van der Waals surface area contributed by atoms with Crippen molar-refractivity contribution in [3.05, 3.63) is 59.3 Å². The Bertz CT molecular complexity index is 843. The number of anilines is 1. The lowest BCUT2D eigenvalue weighted by Crippen LogP contribution is -2.33. The standard InChI is InChI=1S/C24H31N3O3/c28-24(29)22(18-7-2-1-3-8-18)27-15-13-21(17-27)30-16-5-4-10-20-12-11-19-9-6-14-25-23(19)26-20/h1-3,7-8,11-12,21-22H,4-6,9-10,13-17H2,(H,25,26)(H,28,29)/t21-,22?/m1/s1. The van der Waals surface area contributed by atoms with Crippen LogP contribution in [-0.4, -0.2) is 53.3 Å². The first-order valence-electron chi connectivity index (χ1n) is 11.1. The lowest BCUT2D eigenvalue weighted by Gasteiger charge is -2.24. The first-order valence-corrected chi connectivity index (χ1v) is 11.1. The van der Waals surface area contributed by atoms with Gasteiger partial charge in [-0.15, -0.1) is 0 Å². The summed E-state index contributed by atoms with van der Waals surface area (Å²) in [6.45, 7) is 3.15. The molecule has 1 aromatic carbocycles. The van der Waals surface area contributed by atoms with E-state index < -0.39 is 12.0 Å². The summed E-state index contributed by atoms with van der Waals surface area (Å²) < 4.78 is 6.06. The number of nitrogens with zero attached hydrogens (tertiary/aromatic N) is 2. The summed E-state index contributed by atoms with van der Waals surface area (Å²) in [5.74, 6) is 0.265. The number of aliphatic carboxylic acids is 1.